The quantitative estimate of drug-likeness (QED) is 0.788. The Morgan fingerprint density at radius 1 is 1.61 bits per heavy atom. The van der Waals surface area contributed by atoms with Crippen LogP contribution in [0, 0.1) is 5.92 Å². The number of nitrogens with one attached hydrogen (secondary N) is 1. The SMILES string of the molecule is Cn1cccc(C(=O)NCC[C@@H](O)C2CC2)c1=O. The Bertz CT molecular complexity index is 491. The standard InChI is InChI=1S/C13H18N2O3/c1-15-8-2-3-10(13(15)18)12(17)14-7-6-11(16)9-4-5-9/h2-3,8-9,11,16H,4-7H2,1H3,(H,14,17)/t11-/m1/s1. The maximum atomic E-state index is 11.8. The number of aliphatic hydroxyl groups is 1. The van der Waals surface area contributed by atoms with Gasteiger partial charge in [0.25, 0.3) is 11.5 Å². The van der Waals surface area contributed by atoms with Gasteiger partial charge in [-0.2, -0.15) is 0 Å². The lowest BCUT2D eigenvalue weighted by Gasteiger charge is -2.10. The first-order chi connectivity index (χ1) is 8.59. The molecule has 2 rings (SSSR count). The molecule has 1 aliphatic carbocycles. The summed E-state index contributed by atoms with van der Waals surface area (Å²) in [5.41, 5.74) is -0.168. The maximum Gasteiger partial charge on any atom is 0.263 e. The van der Waals surface area contributed by atoms with Crippen molar-refractivity contribution in [1.82, 2.24) is 9.88 Å². The molecule has 0 radical (unpaired) electrons. The number of pyridine rings is 1. The van der Waals surface area contributed by atoms with Crippen LogP contribution in [-0.2, 0) is 7.05 Å². The Labute approximate surface area is 105 Å². The van der Waals surface area contributed by atoms with Crippen LogP contribution in [0.3, 0.4) is 0 Å². The van der Waals surface area contributed by atoms with Crippen molar-refractivity contribution in [3.63, 3.8) is 0 Å². The number of amides is 1. The summed E-state index contributed by atoms with van der Waals surface area (Å²) in [5, 5.41) is 12.3. The van der Waals surface area contributed by atoms with Crippen LogP contribution in [0.2, 0.25) is 0 Å². The zero-order valence-electron chi connectivity index (χ0n) is 10.4. The lowest BCUT2D eigenvalue weighted by atomic mass is 10.1. The average molecular weight is 250 g/mol. The molecule has 1 saturated carbocycles. The molecule has 5 nitrogen and oxygen atoms in total. The third kappa shape index (κ3) is 2.98. The second-order valence-electron chi connectivity index (χ2n) is 4.79. The second-order valence-corrected chi connectivity index (χ2v) is 4.79. The van der Waals surface area contributed by atoms with Gasteiger partial charge in [-0.05, 0) is 37.3 Å². The Balaban J connectivity index is 1.87. The summed E-state index contributed by atoms with van der Waals surface area (Å²) in [7, 11) is 1.61. The molecule has 18 heavy (non-hydrogen) atoms. The second kappa shape index (κ2) is 5.35. The summed E-state index contributed by atoms with van der Waals surface area (Å²) in [5.74, 6) is 0.0330. The number of nitrogens with zero attached hydrogens (tertiary/aromatic N) is 1. The molecular formula is C13H18N2O3. The molecule has 5 heteroatoms. The molecule has 1 aromatic heterocycles. The van der Waals surface area contributed by atoms with Crippen LogP contribution < -0.4 is 10.9 Å². The molecule has 0 saturated heterocycles. The highest BCUT2D eigenvalue weighted by atomic mass is 16.3. The van der Waals surface area contributed by atoms with E-state index in [0.29, 0.717) is 18.9 Å². The molecule has 1 fully saturated rings. The highest BCUT2D eigenvalue weighted by molar-refractivity contribution is 5.93. The fourth-order valence-corrected chi connectivity index (χ4v) is 1.92. The first-order valence-electron chi connectivity index (χ1n) is 6.21. The molecule has 0 spiro atoms. The first-order valence-corrected chi connectivity index (χ1v) is 6.21. The van der Waals surface area contributed by atoms with Crippen LogP contribution >= 0.6 is 0 Å². The van der Waals surface area contributed by atoms with Crippen molar-refractivity contribution in [3.05, 3.63) is 34.2 Å². The Kier molecular flexibility index (Phi) is 3.81. The van der Waals surface area contributed by atoms with Gasteiger partial charge in [0.15, 0.2) is 0 Å². The van der Waals surface area contributed by atoms with Crippen molar-refractivity contribution >= 4 is 5.91 Å². The van der Waals surface area contributed by atoms with Crippen molar-refractivity contribution in [2.24, 2.45) is 13.0 Å². The number of aryl methyl sites for hydroxylation is 1. The van der Waals surface area contributed by atoms with Crippen LogP contribution in [0.25, 0.3) is 0 Å². The Morgan fingerprint density at radius 3 is 3.00 bits per heavy atom. The maximum absolute atomic E-state index is 11.8. The third-order valence-electron chi connectivity index (χ3n) is 3.26. The van der Waals surface area contributed by atoms with Crippen LogP contribution in [0.15, 0.2) is 23.1 Å². The van der Waals surface area contributed by atoms with Gasteiger partial charge in [0.05, 0.1) is 6.10 Å². The molecule has 1 aromatic rings. The summed E-state index contributed by atoms with van der Waals surface area (Å²) in [6, 6.07) is 3.17. The Hall–Kier alpha value is -1.62. The van der Waals surface area contributed by atoms with Crippen molar-refractivity contribution in [2.45, 2.75) is 25.4 Å². The van der Waals surface area contributed by atoms with Gasteiger partial charge >= 0.3 is 0 Å². The molecule has 1 amide bonds. The highest BCUT2D eigenvalue weighted by Crippen LogP contribution is 2.33. The molecule has 0 aliphatic heterocycles. The summed E-state index contributed by atoms with van der Waals surface area (Å²) in [4.78, 5) is 23.5. The van der Waals surface area contributed by atoms with Crippen molar-refractivity contribution < 1.29 is 9.90 Å². The van der Waals surface area contributed by atoms with Gasteiger partial charge in [0.2, 0.25) is 0 Å². The van der Waals surface area contributed by atoms with Crippen LogP contribution in [0.4, 0.5) is 0 Å². The van der Waals surface area contributed by atoms with Gasteiger partial charge in [-0.15, -0.1) is 0 Å². The lowest BCUT2D eigenvalue weighted by molar-refractivity contribution is 0.0935. The van der Waals surface area contributed by atoms with E-state index in [2.05, 4.69) is 5.32 Å². The van der Waals surface area contributed by atoms with E-state index >= 15 is 0 Å². The largest absolute Gasteiger partial charge is 0.393 e. The van der Waals surface area contributed by atoms with E-state index < -0.39 is 0 Å². The van der Waals surface area contributed by atoms with Gasteiger partial charge in [-0.3, -0.25) is 9.59 Å². The van der Waals surface area contributed by atoms with E-state index in [1.165, 1.54) is 10.6 Å². The molecule has 1 heterocycles. The molecule has 2 N–H and O–H groups in total. The number of aliphatic hydroxyl groups excluding tert-OH is 1. The van der Waals surface area contributed by atoms with Gasteiger partial charge < -0.3 is 15.0 Å². The predicted octanol–water partition coefficient (Wildman–Crippen LogP) is 0.276. The number of aromatic nitrogens is 1. The number of hydrogen-bond acceptors (Lipinski definition) is 3. The number of rotatable bonds is 5. The minimum atomic E-state index is -0.376. The highest BCUT2D eigenvalue weighted by Gasteiger charge is 2.29. The van der Waals surface area contributed by atoms with Crippen LogP contribution in [-0.4, -0.2) is 28.2 Å². The van der Waals surface area contributed by atoms with E-state index in [1.54, 1.807) is 19.3 Å². The summed E-state index contributed by atoms with van der Waals surface area (Å²) >= 11 is 0. The van der Waals surface area contributed by atoms with E-state index in [9.17, 15) is 14.7 Å². The van der Waals surface area contributed by atoms with Gasteiger partial charge in [0, 0.05) is 19.8 Å². The topological polar surface area (TPSA) is 71.3 Å². The van der Waals surface area contributed by atoms with Crippen LogP contribution in [0.5, 0.6) is 0 Å². The predicted molar refractivity (Wildman–Crippen MR) is 67.4 cm³/mol. The van der Waals surface area contributed by atoms with Crippen LogP contribution in [0.1, 0.15) is 29.6 Å². The third-order valence-corrected chi connectivity index (χ3v) is 3.26. The minimum absolute atomic E-state index is 0.140. The first kappa shape index (κ1) is 12.8. The van der Waals surface area contributed by atoms with Gasteiger partial charge in [-0.1, -0.05) is 0 Å². The average Bonchev–Trinajstić information content (AvgIpc) is 3.16. The minimum Gasteiger partial charge on any atom is -0.393 e. The molecule has 98 valence electrons. The number of carbonyl (C=O) groups excluding carboxylic acids is 1. The van der Waals surface area contributed by atoms with E-state index in [4.69, 9.17) is 0 Å². The van der Waals surface area contributed by atoms with Crippen molar-refractivity contribution in [3.8, 4) is 0 Å². The Morgan fingerprint density at radius 2 is 2.33 bits per heavy atom. The van der Waals surface area contributed by atoms with E-state index in [0.717, 1.165) is 12.8 Å². The fourth-order valence-electron chi connectivity index (χ4n) is 1.92. The molecule has 0 aromatic carbocycles. The van der Waals surface area contributed by atoms with E-state index in [1.807, 2.05) is 0 Å². The lowest BCUT2D eigenvalue weighted by Crippen LogP contribution is -2.33. The molecular weight excluding hydrogens is 232 g/mol. The van der Waals surface area contributed by atoms with Gasteiger partial charge in [0.1, 0.15) is 5.56 Å². The van der Waals surface area contributed by atoms with Crippen molar-refractivity contribution in [2.75, 3.05) is 6.54 Å². The molecule has 1 aliphatic rings. The monoisotopic (exact) mass is 250 g/mol. The normalized spacial score (nSPS) is 16.3. The summed E-state index contributed by atoms with van der Waals surface area (Å²) < 4.78 is 1.37. The number of carbonyl (C=O) groups is 1. The summed E-state index contributed by atoms with van der Waals surface area (Å²) in [6.45, 7) is 0.397. The van der Waals surface area contributed by atoms with Crippen molar-refractivity contribution in [1.29, 1.82) is 0 Å². The number of hydrogen-bond donors (Lipinski definition) is 2. The molecule has 1 atom stereocenters. The summed E-state index contributed by atoms with van der Waals surface area (Å²) in [6.07, 6.45) is 3.98. The van der Waals surface area contributed by atoms with E-state index in [-0.39, 0.29) is 23.1 Å². The smallest absolute Gasteiger partial charge is 0.263 e. The fraction of sp³-hybridized carbons (Fsp3) is 0.538. The zero-order valence-corrected chi connectivity index (χ0v) is 10.4. The zero-order chi connectivity index (χ0) is 13.1. The molecule has 0 unspecified atom stereocenters. The van der Waals surface area contributed by atoms with Gasteiger partial charge in [-0.25, -0.2) is 0 Å². The molecule has 0 bridgehead atoms.